The fourth-order valence-corrected chi connectivity index (χ4v) is 5.33. The number of nitrogens with zero attached hydrogens (tertiary/aromatic N) is 2. The van der Waals surface area contributed by atoms with Crippen molar-refractivity contribution in [3.05, 3.63) is 63.6 Å². The molecule has 31 heavy (non-hydrogen) atoms. The van der Waals surface area contributed by atoms with Crippen LogP contribution < -0.4 is 5.32 Å². The first kappa shape index (κ1) is 22.3. The van der Waals surface area contributed by atoms with Crippen LogP contribution in [0, 0.1) is 5.92 Å². The number of piperazine rings is 1. The molecule has 2 aromatic carbocycles. The molecule has 1 heterocycles. The molecule has 2 fully saturated rings. The Hall–Kier alpha value is -1.89. The van der Waals surface area contributed by atoms with Gasteiger partial charge < -0.3 is 10.2 Å². The monoisotopic (exact) mass is 503 g/mol. The van der Waals surface area contributed by atoms with Gasteiger partial charge in [0.1, 0.15) is 0 Å². The molecule has 1 aliphatic heterocycles. The van der Waals surface area contributed by atoms with E-state index in [1.807, 2.05) is 41.3 Å². The van der Waals surface area contributed by atoms with E-state index in [1.54, 1.807) is 12.1 Å². The number of rotatable bonds is 5. The largest absolute Gasteiger partial charge is 0.336 e. The van der Waals surface area contributed by atoms with Crippen LogP contribution in [0.2, 0.25) is 5.02 Å². The van der Waals surface area contributed by atoms with Crippen molar-refractivity contribution in [3.8, 4) is 0 Å². The van der Waals surface area contributed by atoms with Crippen LogP contribution in [-0.4, -0.2) is 53.8 Å². The molecule has 1 atom stereocenters. The standard InChI is InChI=1S/C24H27BrClN3O2/c25-19-8-3-7-18(15-19)24(31)29-13-11-28(12-14-29)22(17-5-1-2-6-17)23(30)27-21-10-4-9-20(26)16-21/h3-4,7-10,15-17,22H,1-2,5-6,11-14H2,(H,27,30)/t22-/m0/s1. The zero-order valence-electron chi connectivity index (χ0n) is 17.4. The minimum atomic E-state index is -0.176. The molecule has 1 aliphatic carbocycles. The van der Waals surface area contributed by atoms with Crippen molar-refractivity contribution in [1.29, 1.82) is 0 Å². The minimum absolute atomic E-state index is 0.0286. The maximum atomic E-state index is 13.3. The summed E-state index contributed by atoms with van der Waals surface area (Å²) in [5.74, 6) is 0.425. The highest BCUT2D eigenvalue weighted by Gasteiger charge is 2.37. The van der Waals surface area contributed by atoms with Crippen molar-refractivity contribution >= 4 is 45.0 Å². The number of nitrogens with one attached hydrogen (secondary N) is 1. The average molecular weight is 505 g/mol. The number of halogens is 2. The van der Waals surface area contributed by atoms with Gasteiger partial charge in [0.05, 0.1) is 6.04 Å². The second-order valence-electron chi connectivity index (χ2n) is 8.33. The SMILES string of the molecule is O=C(Nc1cccc(Cl)c1)[C@H](C1CCCC1)N1CCN(C(=O)c2cccc(Br)c2)CC1. The van der Waals surface area contributed by atoms with Gasteiger partial charge in [0.2, 0.25) is 5.91 Å². The number of anilines is 1. The summed E-state index contributed by atoms with van der Waals surface area (Å²) in [5.41, 5.74) is 1.41. The smallest absolute Gasteiger partial charge is 0.253 e. The van der Waals surface area contributed by atoms with Crippen LogP contribution in [0.25, 0.3) is 0 Å². The van der Waals surface area contributed by atoms with Crippen LogP contribution in [0.5, 0.6) is 0 Å². The van der Waals surface area contributed by atoms with Gasteiger partial charge in [-0.1, -0.05) is 52.5 Å². The molecule has 2 aliphatic rings. The van der Waals surface area contributed by atoms with Crippen molar-refractivity contribution in [2.45, 2.75) is 31.7 Å². The number of benzene rings is 2. The summed E-state index contributed by atoms with van der Waals surface area (Å²) in [4.78, 5) is 30.3. The Morgan fingerprint density at radius 1 is 1.00 bits per heavy atom. The second-order valence-corrected chi connectivity index (χ2v) is 9.68. The third-order valence-corrected chi connectivity index (χ3v) is 7.00. The molecular formula is C24H27BrClN3O2. The fraction of sp³-hybridized carbons (Fsp3) is 0.417. The lowest BCUT2D eigenvalue weighted by molar-refractivity contribution is -0.123. The molecule has 7 heteroatoms. The lowest BCUT2D eigenvalue weighted by atomic mass is 9.94. The molecule has 2 amide bonds. The summed E-state index contributed by atoms with van der Waals surface area (Å²) < 4.78 is 0.899. The van der Waals surface area contributed by atoms with Gasteiger partial charge in [-0.05, 0) is 55.2 Å². The first-order valence-corrected chi connectivity index (χ1v) is 12.0. The van der Waals surface area contributed by atoms with Crippen molar-refractivity contribution in [2.24, 2.45) is 5.92 Å². The van der Waals surface area contributed by atoms with Crippen LogP contribution >= 0.6 is 27.5 Å². The molecule has 1 saturated heterocycles. The van der Waals surface area contributed by atoms with E-state index in [0.29, 0.717) is 42.7 Å². The van der Waals surface area contributed by atoms with Crippen LogP contribution in [0.1, 0.15) is 36.0 Å². The van der Waals surface area contributed by atoms with Gasteiger partial charge in [-0.15, -0.1) is 0 Å². The van der Waals surface area contributed by atoms with Gasteiger partial charge >= 0.3 is 0 Å². The van der Waals surface area contributed by atoms with E-state index in [1.165, 1.54) is 12.8 Å². The highest BCUT2D eigenvalue weighted by atomic mass is 79.9. The van der Waals surface area contributed by atoms with E-state index in [0.717, 1.165) is 23.0 Å². The topological polar surface area (TPSA) is 52.7 Å². The van der Waals surface area contributed by atoms with Crippen LogP contribution in [0.15, 0.2) is 53.0 Å². The summed E-state index contributed by atoms with van der Waals surface area (Å²) in [6.45, 7) is 2.64. The quantitative estimate of drug-likeness (QED) is 0.619. The van der Waals surface area contributed by atoms with E-state index in [2.05, 4.69) is 26.1 Å². The number of amides is 2. The molecule has 2 aromatic rings. The number of carbonyl (C=O) groups is 2. The Kier molecular flexibility index (Phi) is 7.31. The molecular weight excluding hydrogens is 478 g/mol. The van der Waals surface area contributed by atoms with E-state index in [-0.39, 0.29) is 17.9 Å². The van der Waals surface area contributed by atoms with Gasteiger partial charge in [-0.25, -0.2) is 0 Å². The molecule has 5 nitrogen and oxygen atoms in total. The van der Waals surface area contributed by atoms with Gasteiger partial charge in [-0.2, -0.15) is 0 Å². The molecule has 0 spiro atoms. The summed E-state index contributed by atoms with van der Waals surface area (Å²) in [6.07, 6.45) is 4.50. The van der Waals surface area contributed by atoms with E-state index < -0.39 is 0 Å². The van der Waals surface area contributed by atoms with Gasteiger partial charge in [0, 0.05) is 46.9 Å². The van der Waals surface area contributed by atoms with Crippen molar-refractivity contribution in [1.82, 2.24) is 9.80 Å². The Morgan fingerprint density at radius 2 is 1.71 bits per heavy atom. The third-order valence-electron chi connectivity index (χ3n) is 6.27. The van der Waals surface area contributed by atoms with E-state index in [9.17, 15) is 9.59 Å². The molecule has 164 valence electrons. The predicted molar refractivity (Wildman–Crippen MR) is 127 cm³/mol. The van der Waals surface area contributed by atoms with Crippen LogP contribution in [0.4, 0.5) is 5.69 Å². The Morgan fingerprint density at radius 3 is 2.39 bits per heavy atom. The number of carbonyl (C=O) groups excluding carboxylic acids is 2. The summed E-state index contributed by atoms with van der Waals surface area (Å²) in [5, 5.41) is 3.68. The van der Waals surface area contributed by atoms with Crippen LogP contribution in [0.3, 0.4) is 0 Å². The van der Waals surface area contributed by atoms with Crippen molar-refractivity contribution in [3.63, 3.8) is 0 Å². The van der Waals surface area contributed by atoms with Crippen molar-refractivity contribution < 1.29 is 9.59 Å². The predicted octanol–water partition coefficient (Wildman–Crippen LogP) is 5.06. The van der Waals surface area contributed by atoms with E-state index in [4.69, 9.17) is 11.6 Å². The Labute approximate surface area is 196 Å². The molecule has 4 rings (SSSR count). The fourth-order valence-electron chi connectivity index (χ4n) is 4.74. The van der Waals surface area contributed by atoms with Crippen molar-refractivity contribution in [2.75, 3.05) is 31.5 Å². The Balaban J connectivity index is 1.43. The number of hydrogen-bond acceptors (Lipinski definition) is 3. The third kappa shape index (κ3) is 5.48. The molecule has 1 N–H and O–H groups in total. The minimum Gasteiger partial charge on any atom is -0.336 e. The van der Waals surface area contributed by atoms with Gasteiger partial charge in [-0.3, -0.25) is 14.5 Å². The highest BCUT2D eigenvalue weighted by Crippen LogP contribution is 2.32. The van der Waals surface area contributed by atoms with E-state index >= 15 is 0 Å². The summed E-state index contributed by atoms with van der Waals surface area (Å²) >= 11 is 9.52. The lowest BCUT2D eigenvalue weighted by Crippen LogP contribution is -2.56. The highest BCUT2D eigenvalue weighted by molar-refractivity contribution is 9.10. The summed E-state index contributed by atoms with van der Waals surface area (Å²) in [6, 6.07) is 14.6. The first-order valence-electron chi connectivity index (χ1n) is 10.9. The number of hydrogen-bond donors (Lipinski definition) is 1. The second kappa shape index (κ2) is 10.2. The lowest BCUT2D eigenvalue weighted by Gasteiger charge is -2.40. The molecule has 1 saturated carbocycles. The first-order chi connectivity index (χ1) is 15.0. The Bertz CT molecular complexity index is 940. The summed E-state index contributed by atoms with van der Waals surface area (Å²) in [7, 11) is 0. The van der Waals surface area contributed by atoms with Gasteiger partial charge in [0.25, 0.3) is 5.91 Å². The molecule has 0 unspecified atom stereocenters. The normalized spacial score (nSPS) is 18.7. The maximum absolute atomic E-state index is 13.3. The zero-order valence-corrected chi connectivity index (χ0v) is 19.7. The van der Waals surface area contributed by atoms with Crippen LogP contribution in [-0.2, 0) is 4.79 Å². The maximum Gasteiger partial charge on any atom is 0.253 e. The molecule has 0 aromatic heterocycles. The van der Waals surface area contributed by atoms with Gasteiger partial charge in [0.15, 0.2) is 0 Å². The zero-order chi connectivity index (χ0) is 21.8. The molecule has 0 radical (unpaired) electrons. The average Bonchev–Trinajstić information content (AvgIpc) is 3.28. The molecule has 0 bridgehead atoms.